The molecule has 6 heteroatoms. The van der Waals surface area contributed by atoms with E-state index in [1.807, 2.05) is 0 Å². The van der Waals surface area contributed by atoms with Gasteiger partial charge in [-0.3, -0.25) is 10.1 Å². The summed E-state index contributed by atoms with van der Waals surface area (Å²) in [7, 11) is 0. The Bertz CT molecular complexity index is 425. The molecule has 3 rings (SSSR count). The van der Waals surface area contributed by atoms with E-state index in [9.17, 15) is 4.79 Å². The number of rotatable bonds is 2. The first-order valence-corrected chi connectivity index (χ1v) is 5.88. The summed E-state index contributed by atoms with van der Waals surface area (Å²) in [4.78, 5) is 18.4. The van der Waals surface area contributed by atoms with Crippen LogP contribution in [0.2, 0.25) is 0 Å². The smallest absolute Gasteiger partial charge is 0.321 e. The number of aliphatic carboxylic acids is 1. The van der Waals surface area contributed by atoms with Crippen molar-refractivity contribution in [3.05, 3.63) is 17.7 Å². The molecule has 0 radical (unpaired) electrons. The summed E-state index contributed by atoms with van der Waals surface area (Å²) in [6, 6.07) is -0.661. The van der Waals surface area contributed by atoms with E-state index < -0.39 is 12.0 Å². The molecule has 0 bridgehead atoms. The zero-order valence-electron chi connectivity index (χ0n) is 9.35. The fourth-order valence-electron chi connectivity index (χ4n) is 2.63. The standard InChI is InChI=1S/C11H15N3O3/c15-11(16)7-4-6-9(13-5-12-6)10(14-7)8-2-1-3-17-8/h5,7-8,10,14H,1-4H2,(H,12,13)(H,15,16)/t7-,8?,10?/m1/s1. The first-order valence-electron chi connectivity index (χ1n) is 5.88. The van der Waals surface area contributed by atoms with Crippen LogP contribution in [0.1, 0.15) is 30.3 Å². The highest BCUT2D eigenvalue weighted by molar-refractivity contribution is 5.74. The van der Waals surface area contributed by atoms with Gasteiger partial charge in [-0.1, -0.05) is 0 Å². The van der Waals surface area contributed by atoms with Crippen molar-refractivity contribution < 1.29 is 14.6 Å². The molecule has 2 unspecified atom stereocenters. The molecule has 1 saturated heterocycles. The topological polar surface area (TPSA) is 87.2 Å². The van der Waals surface area contributed by atoms with E-state index >= 15 is 0 Å². The number of carboxylic acids is 1. The van der Waals surface area contributed by atoms with Gasteiger partial charge in [0.2, 0.25) is 0 Å². The molecule has 3 N–H and O–H groups in total. The summed E-state index contributed by atoms with van der Waals surface area (Å²) in [6.07, 6.45) is 4.10. The quantitative estimate of drug-likeness (QED) is 0.685. The van der Waals surface area contributed by atoms with Crippen LogP contribution in [0.3, 0.4) is 0 Å². The lowest BCUT2D eigenvalue weighted by atomic mass is 9.94. The third-order valence-electron chi connectivity index (χ3n) is 3.47. The number of hydrogen-bond donors (Lipinski definition) is 3. The number of carboxylic acid groups (broad SMARTS) is 1. The Kier molecular flexibility index (Phi) is 2.60. The Morgan fingerprint density at radius 2 is 2.47 bits per heavy atom. The zero-order valence-corrected chi connectivity index (χ0v) is 9.35. The number of nitrogens with zero attached hydrogens (tertiary/aromatic N) is 1. The van der Waals surface area contributed by atoms with Gasteiger partial charge in [-0.25, -0.2) is 4.98 Å². The number of ether oxygens (including phenoxy) is 1. The van der Waals surface area contributed by atoms with Crippen LogP contribution in [0, 0.1) is 0 Å². The van der Waals surface area contributed by atoms with Crippen LogP contribution >= 0.6 is 0 Å². The summed E-state index contributed by atoms with van der Waals surface area (Å²) in [6.45, 7) is 0.750. The predicted octanol–water partition coefficient (Wildman–Crippen LogP) is 0.229. The van der Waals surface area contributed by atoms with Crippen LogP contribution in [0.5, 0.6) is 0 Å². The maximum absolute atomic E-state index is 11.1. The molecule has 1 fully saturated rings. The van der Waals surface area contributed by atoms with Crippen molar-refractivity contribution in [3.8, 4) is 0 Å². The van der Waals surface area contributed by atoms with Gasteiger partial charge in [0.1, 0.15) is 6.04 Å². The Labute approximate surface area is 98.4 Å². The highest BCUT2D eigenvalue weighted by Crippen LogP contribution is 2.31. The van der Waals surface area contributed by atoms with Crippen LogP contribution in [-0.2, 0) is 16.0 Å². The lowest BCUT2D eigenvalue weighted by Gasteiger charge is -2.31. The summed E-state index contributed by atoms with van der Waals surface area (Å²) in [5, 5.41) is 12.3. The van der Waals surface area contributed by atoms with Crippen molar-refractivity contribution in [2.75, 3.05) is 6.61 Å². The molecule has 0 spiro atoms. The Balaban J connectivity index is 1.89. The fraction of sp³-hybridized carbons (Fsp3) is 0.636. The van der Waals surface area contributed by atoms with Crippen LogP contribution in [0.25, 0.3) is 0 Å². The Morgan fingerprint density at radius 1 is 1.59 bits per heavy atom. The lowest BCUT2D eigenvalue weighted by Crippen LogP contribution is -2.48. The monoisotopic (exact) mass is 237 g/mol. The summed E-state index contributed by atoms with van der Waals surface area (Å²) in [5.41, 5.74) is 1.83. The van der Waals surface area contributed by atoms with E-state index in [0.29, 0.717) is 6.42 Å². The van der Waals surface area contributed by atoms with Crippen LogP contribution in [0.4, 0.5) is 0 Å². The molecule has 0 saturated carbocycles. The van der Waals surface area contributed by atoms with Gasteiger partial charge >= 0.3 is 5.97 Å². The average Bonchev–Trinajstić information content (AvgIpc) is 2.98. The zero-order chi connectivity index (χ0) is 11.8. The molecule has 1 aromatic heterocycles. The molecule has 17 heavy (non-hydrogen) atoms. The second-order valence-electron chi connectivity index (χ2n) is 4.56. The van der Waals surface area contributed by atoms with Crippen molar-refractivity contribution in [2.45, 2.75) is 37.5 Å². The number of imidazole rings is 1. The first-order chi connectivity index (χ1) is 8.25. The van der Waals surface area contributed by atoms with Gasteiger partial charge in [0, 0.05) is 18.7 Å². The number of carbonyl (C=O) groups is 1. The fourth-order valence-corrected chi connectivity index (χ4v) is 2.63. The van der Waals surface area contributed by atoms with Gasteiger partial charge in [0.25, 0.3) is 0 Å². The number of nitrogens with one attached hydrogen (secondary N) is 2. The van der Waals surface area contributed by atoms with Crippen molar-refractivity contribution in [1.29, 1.82) is 0 Å². The minimum Gasteiger partial charge on any atom is -0.480 e. The van der Waals surface area contributed by atoms with E-state index in [2.05, 4.69) is 15.3 Å². The number of H-pyrrole nitrogens is 1. The van der Waals surface area contributed by atoms with E-state index in [4.69, 9.17) is 9.84 Å². The molecule has 2 aliphatic heterocycles. The average molecular weight is 237 g/mol. The maximum atomic E-state index is 11.1. The summed E-state index contributed by atoms with van der Waals surface area (Å²) >= 11 is 0. The number of hydrogen-bond acceptors (Lipinski definition) is 4. The van der Waals surface area contributed by atoms with Crippen molar-refractivity contribution in [3.63, 3.8) is 0 Å². The van der Waals surface area contributed by atoms with Gasteiger partial charge in [-0.2, -0.15) is 0 Å². The predicted molar refractivity (Wildman–Crippen MR) is 58.6 cm³/mol. The van der Waals surface area contributed by atoms with Gasteiger partial charge in [0.15, 0.2) is 0 Å². The van der Waals surface area contributed by atoms with Crippen molar-refractivity contribution >= 4 is 5.97 Å². The molecule has 6 nitrogen and oxygen atoms in total. The molecule has 0 aliphatic carbocycles. The second-order valence-corrected chi connectivity index (χ2v) is 4.56. The third-order valence-corrected chi connectivity index (χ3v) is 3.47. The molecule has 2 aliphatic rings. The molecule has 3 atom stereocenters. The first kappa shape index (κ1) is 10.7. The van der Waals surface area contributed by atoms with E-state index in [-0.39, 0.29) is 12.1 Å². The SMILES string of the molecule is O=C(O)[C@H]1Cc2[nH]cnc2C(C2CCCO2)N1. The highest BCUT2D eigenvalue weighted by atomic mass is 16.5. The molecule has 3 heterocycles. The van der Waals surface area contributed by atoms with Crippen LogP contribution in [0.15, 0.2) is 6.33 Å². The van der Waals surface area contributed by atoms with Gasteiger partial charge in [-0.15, -0.1) is 0 Å². The molecular weight excluding hydrogens is 222 g/mol. The summed E-state index contributed by atoms with van der Waals surface area (Å²) in [5.74, 6) is -0.826. The number of fused-ring (bicyclic) bond motifs is 1. The van der Waals surface area contributed by atoms with E-state index in [0.717, 1.165) is 30.8 Å². The molecule has 1 aromatic rings. The van der Waals surface area contributed by atoms with Gasteiger partial charge in [-0.05, 0) is 12.8 Å². The van der Waals surface area contributed by atoms with E-state index in [1.165, 1.54) is 0 Å². The summed E-state index contributed by atoms with van der Waals surface area (Å²) < 4.78 is 5.64. The minimum absolute atomic E-state index is 0.0409. The Hall–Kier alpha value is -1.40. The van der Waals surface area contributed by atoms with Gasteiger partial charge in [0.05, 0.1) is 24.2 Å². The minimum atomic E-state index is -0.826. The van der Waals surface area contributed by atoms with Crippen LogP contribution < -0.4 is 5.32 Å². The molecule has 0 aromatic carbocycles. The van der Waals surface area contributed by atoms with Crippen molar-refractivity contribution in [2.24, 2.45) is 0 Å². The molecule has 0 amide bonds. The number of aromatic amines is 1. The lowest BCUT2D eigenvalue weighted by molar-refractivity contribution is -0.140. The van der Waals surface area contributed by atoms with Crippen molar-refractivity contribution in [1.82, 2.24) is 15.3 Å². The normalized spacial score (nSPS) is 32.4. The maximum Gasteiger partial charge on any atom is 0.321 e. The third kappa shape index (κ3) is 1.83. The van der Waals surface area contributed by atoms with E-state index in [1.54, 1.807) is 6.33 Å². The van der Waals surface area contributed by atoms with Gasteiger partial charge < -0.3 is 14.8 Å². The van der Waals surface area contributed by atoms with Crippen LogP contribution in [-0.4, -0.2) is 39.8 Å². The Morgan fingerprint density at radius 3 is 3.18 bits per heavy atom. The number of aromatic nitrogens is 2. The second kappa shape index (κ2) is 4.12. The molecular formula is C11H15N3O3. The largest absolute Gasteiger partial charge is 0.480 e. The highest BCUT2D eigenvalue weighted by Gasteiger charge is 2.38. The molecule has 92 valence electrons.